The SMILES string of the molecule is Br.I.[Cl][Ag]. The van der Waals surface area contributed by atoms with Crippen molar-refractivity contribution >= 4 is 50.1 Å². The Labute approximate surface area is 69.2 Å². The molecule has 34 valence electrons. The van der Waals surface area contributed by atoms with E-state index in [1.54, 1.807) is 0 Å². The fraction of sp³-hybridized carbons (Fsp3) is 0. The Kier molecular flexibility index (Phi) is 76.6. The summed E-state index contributed by atoms with van der Waals surface area (Å²) in [4.78, 5) is 0. The van der Waals surface area contributed by atoms with Gasteiger partial charge in [0.1, 0.15) is 0 Å². The van der Waals surface area contributed by atoms with Gasteiger partial charge in [-0.3, -0.25) is 0 Å². The van der Waals surface area contributed by atoms with Crippen LogP contribution in [-0.2, 0) is 20.0 Å². The molecule has 0 aliphatic rings. The first-order chi connectivity index (χ1) is 1.00. The van der Waals surface area contributed by atoms with Gasteiger partial charge in [0.15, 0.2) is 0 Å². The van der Waals surface area contributed by atoms with Crippen LogP contribution in [0, 0.1) is 0 Å². The van der Waals surface area contributed by atoms with Gasteiger partial charge in [0.2, 0.25) is 0 Å². The Morgan fingerprint density at radius 1 is 1.25 bits per heavy atom. The summed E-state index contributed by atoms with van der Waals surface area (Å²) in [6.45, 7) is 0. The second-order valence-corrected chi connectivity index (χ2v) is 0. The van der Waals surface area contributed by atoms with E-state index in [1.165, 1.54) is 0 Å². The predicted molar refractivity (Wildman–Crippen MR) is 31.6 cm³/mol. The zero-order valence-corrected chi connectivity index (χ0v) is 7.78. The van der Waals surface area contributed by atoms with Crippen LogP contribution in [0.5, 0.6) is 0 Å². The van der Waals surface area contributed by atoms with E-state index in [0.29, 0.717) is 0 Å². The average molecular weight is 352 g/mol. The van der Waals surface area contributed by atoms with Gasteiger partial charge in [0.25, 0.3) is 0 Å². The molecule has 4 heteroatoms. The topological polar surface area (TPSA) is 0 Å². The summed E-state index contributed by atoms with van der Waals surface area (Å²) in [5, 5.41) is 0. The molecule has 0 saturated carbocycles. The molecule has 4 heavy (non-hydrogen) atoms. The normalized spacial score (nSPS) is 1.75. The van der Waals surface area contributed by atoms with E-state index in [4.69, 9.17) is 0 Å². The van der Waals surface area contributed by atoms with Gasteiger partial charge in [-0.25, -0.2) is 0 Å². The molecule has 0 spiro atoms. The quantitative estimate of drug-likeness (QED) is 0.461. The van der Waals surface area contributed by atoms with Crippen molar-refractivity contribution in [3.05, 3.63) is 0 Å². The first-order valence-corrected chi connectivity index (χ1v) is 2.02. The molecule has 0 fully saturated rings. The zero-order chi connectivity index (χ0) is 2.00. The Morgan fingerprint density at radius 3 is 1.25 bits per heavy atom. The summed E-state index contributed by atoms with van der Waals surface area (Å²) < 4.78 is 0. The van der Waals surface area contributed by atoms with Crippen LogP contribution in [-0.4, -0.2) is 0 Å². The van der Waals surface area contributed by atoms with Gasteiger partial charge >= 0.3 is 29.2 Å². The van der Waals surface area contributed by atoms with Gasteiger partial charge in [0, 0.05) is 0 Å². The van der Waals surface area contributed by atoms with Gasteiger partial charge in [-0.05, 0) is 0 Å². The molecule has 0 aromatic rings. The Balaban J connectivity index is -0.00000000500. The minimum absolute atomic E-state index is 0. The van der Waals surface area contributed by atoms with Crippen LogP contribution in [0.4, 0.5) is 0 Å². The average Bonchev–Trinajstić information content (AvgIpc) is 1.00. The van der Waals surface area contributed by atoms with Crippen molar-refractivity contribution in [3.8, 4) is 0 Å². The number of hydrogen-bond donors (Lipinski definition) is 0. The maximum absolute atomic E-state index is 4.45. The van der Waals surface area contributed by atoms with E-state index in [9.17, 15) is 0 Å². The molecule has 0 aliphatic heterocycles. The third-order valence-electron chi connectivity index (χ3n) is 0. The fourth-order valence-corrected chi connectivity index (χ4v) is 0. The Bertz CT molecular complexity index is 8.00. The van der Waals surface area contributed by atoms with Crippen LogP contribution in [0.3, 0.4) is 0 Å². The fourth-order valence-electron chi connectivity index (χ4n) is 0. The van der Waals surface area contributed by atoms with Crippen LogP contribution < -0.4 is 0 Å². The van der Waals surface area contributed by atoms with E-state index < -0.39 is 0 Å². The van der Waals surface area contributed by atoms with Crippen molar-refractivity contribution in [1.82, 2.24) is 0 Å². The molecular formula is H2AgBrClI. The standard InChI is InChI=1S/Ag.BrH.ClH.HI/h;3*1H/q+1;;;/p-1. The molecule has 0 unspecified atom stereocenters. The maximum atomic E-state index is 4.45. The van der Waals surface area contributed by atoms with Crippen LogP contribution in [0.1, 0.15) is 0 Å². The van der Waals surface area contributed by atoms with E-state index in [2.05, 4.69) is 29.2 Å². The van der Waals surface area contributed by atoms with E-state index in [-0.39, 0.29) is 41.0 Å². The van der Waals surface area contributed by atoms with Crippen LogP contribution in [0.15, 0.2) is 0 Å². The van der Waals surface area contributed by atoms with Gasteiger partial charge in [0.05, 0.1) is 0 Å². The van der Waals surface area contributed by atoms with Crippen molar-refractivity contribution in [2.75, 3.05) is 0 Å². The second-order valence-electron chi connectivity index (χ2n) is 0. The van der Waals surface area contributed by atoms with E-state index in [0.717, 1.165) is 0 Å². The van der Waals surface area contributed by atoms with Gasteiger partial charge < -0.3 is 0 Å². The molecule has 0 aliphatic carbocycles. The predicted octanol–water partition coefficient (Wildman–Crippen LogP) is 1.88. The molecule has 0 heterocycles. The van der Waals surface area contributed by atoms with Gasteiger partial charge in [-0.15, -0.1) is 41.0 Å². The number of hydrogen-bond acceptors (Lipinski definition) is 0. The van der Waals surface area contributed by atoms with Crippen LogP contribution in [0.25, 0.3) is 0 Å². The third-order valence-corrected chi connectivity index (χ3v) is 0. The zero-order valence-electron chi connectivity index (χ0n) is 1.50. The van der Waals surface area contributed by atoms with Crippen LogP contribution >= 0.6 is 50.1 Å². The summed E-state index contributed by atoms with van der Waals surface area (Å²) in [5.41, 5.74) is 0. The molecule has 0 radical (unpaired) electrons. The van der Waals surface area contributed by atoms with Gasteiger partial charge in [-0.2, -0.15) is 0 Å². The third kappa shape index (κ3) is 8.87. The van der Waals surface area contributed by atoms with Crippen molar-refractivity contribution < 1.29 is 20.0 Å². The summed E-state index contributed by atoms with van der Waals surface area (Å²) in [7, 11) is 4.45. The molecule has 0 amide bonds. The van der Waals surface area contributed by atoms with Crippen molar-refractivity contribution in [3.63, 3.8) is 0 Å². The van der Waals surface area contributed by atoms with Crippen molar-refractivity contribution in [1.29, 1.82) is 0 Å². The summed E-state index contributed by atoms with van der Waals surface area (Å²) >= 11 is 2.42. The van der Waals surface area contributed by atoms with Gasteiger partial charge in [-0.1, -0.05) is 0 Å². The van der Waals surface area contributed by atoms with Crippen molar-refractivity contribution in [2.45, 2.75) is 0 Å². The van der Waals surface area contributed by atoms with Crippen LogP contribution in [0.2, 0.25) is 0 Å². The Hall–Kier alpha value is 2.24. The number of halogens is 3. The molecule has 0 N–H and O–H groups in total. The molecule has 0 atom stereocenters. The molecule has 0 saturated heterocycles. The molecule has 0 nitrogen and oxygen atoms in total. The number of rotatable bonds is 0. The minimum atomic E-state index is 0. The first kappa shape index (κ1) is 16.3. The second kappa shape index (κ2) is 18.8. The molecule has 0 aromatic heterocycles. The summed E-state index contributed by atoms with van der Waals surface area (Å²) in [6.07, 6.45) is 0. The monoisotopic (exact) mass is 350 g/mol. The molecule has 0 aromatic carbocycles. The summed E-state index contributed by atoms with van der Waals surface area (Å²) in [5.74, 6) is 0. The van der Waals surface area contributed by atoms with Crippen molar-refractivity contribution in [2.24, 2.45) is 0 Å². The molecule has 0 rings (SSSR count). The molecule has 0 bridgehead atoms. The van der Waals surface area contributed by atoms with E-state index in [1.807, 2.05) is 0 Å². The molecular weight excluding hydrogens is 350 g/mol. The Morgan fingerprint density at radius 2 is 1.25 bits per heavy atom. The summed E-state index contributed by atoms with van der Waals surface area (Å²) in [6, 6.07) is 0. The van der Waals surface area contributed by atoms with E-state index >= 15 is 0 Å². The first-order valence-electron chi connectivity index (χ1n) is 0.114.